The van der Waals surface area contributed by atoms with Crippen molar-refractivity contribution in [3.05, 3.63) is 111 Å². The van der Waals surface area contributed by atoms with E-state index in [-0.39, 0.29) is 17.3 Å². The molecule has 4 aromatic rings. The number of aromatic nitrogens is 2. The molecule has 0 aliphatic carbocycles. The number of carbonyl (C=O) groups is 1. The lowest BCUT2D eigenvalue weighted by molar-refractivity contribution is -0.385. The van der Waals surface area contributed by atoms with E-state index in [1.807, 2.05) is 61.5 Å². The van der Waals surface area contributed by atoms with E-state index >= 15 is 0 Å². The largest absolute Gasteiger partial charge is 0.490 e. The third-order valence-electron chi connectivity index (χ3n) is 6.03. The number of benzene rings is 3. The van der Waals surface area contributed by atoms with Crippen molar-refractivity contribution in [3.8, 4) is 22.7 Å². The van der Waals surface area contributed by atoms with Gasteiger partial charge in [-0.1, -0.05) is 72.0 Å². The highest BCUT2D eigenvalue weighted by atomic mass is 32.2. The molecule has 0 saturated carbocycles. The topological polar surface area (TPSA) is 90.5 Å². The van der Waals surface area contributed by atoms with Gasteiger partial charge in [-0.15, -0.1) is 0 Å². The second kappa shape index (κ2) is 10.6. The van der Waals surface area contributed by atoms with Gasteiger partial charge in [0.15, 0.2) is 5.75 Å². The fourth-order valence-electron chi connectivity index (χ4n) is 4.06. The van der Waals surface area contributed by atoms with Gasteiger partial charge in [0.25, 0.3) is 5.91 Å². The van der Waals surface area contributed by atoms with Crippen molar-refractivity contribution in [2.45, 2.75) is 13.5 Å². The molecule has 0 atom stereocenters. The Morgan fingerprint density at radius 3 is 2.53 bits per heavy atom. The minimum Gasteiger partial charge on any atom is -0.490 e. The molecule has 0 spiro atoms. The van der Waals surface area contributed by atoms with Crippen LogP contribution in [0.5, 0.6) is 5.75 Å². The lowest BCUT2D eigenvalue weighted by Gasteiger charge is -2.14. The summed E-state index contributed by atoms with van der Waals surface area (Å²) in [5.41, 5.74) is 4.40. The average molecular weight is 543 g/mol. The number of ether oxygens (including phenoxy) is 1. The number of para-hydroxylation sites is 1. The van der Waals surface area contributed by atoms with Gasteiger partial charge in [0.05, 0.1) is 29.2 Å². The molecule has 5 rings (SSSR count). The van der Waals surface area contributed by atoms with E-state index < -0.39 is 4.92 Å². The van der Waals surface area contributed by atoms with Crippen molar-refractivity contribution >= 4 is 46.0 Å². The predicted octanol–water partition coefficient (Wildman–Crippen LogP) is 6.17. The van der Waals surface area contributed by atoms with E-state index in [0.29, 0.717) is 32.6 Å². The molecule has 0 radical (unpaired) electrons. The molecule has 3 aromatic carbocycles. The normalized spacial score (nSPS) is 14.4. The summed E-state index contributed by atoms with van der Waals surface area (Å²) in [7, 11) is 1.39. The minimum absolute atomic E-state index is 0.153. The maximum absolute atomic E-state index is 13.4. The Bertz CT molecular complexity index is 1580. The molecule has 1 aliphatic heterocycles. The molecule has 1 saturated heterocycles. The van der Waals surface area contributed by atoms with Crippen molar-refractivity contribution in [1.82, 2.24) is 14.7 Å². The number of methoxy groups -OCH3 is 1. The van der Waals surface area contributed by atoms with Crippen LogP contribution < -0.4 is 4.74 Å². The van der Waals surface area contributed by atoms with Crippen LogP contribution in [-0.4, -0.2) is 36.9 Å². The molecule has 1 fully saturated rings. The summed E-state index contributed by atoms with van der Waals surface area (Å²) in [5, 5.41) is 16.4. The van der Waals surface area contributed by atoms with Crippen molar-refractivity contribution in [1.29, 1.82) is 0 Å². The smallest absolute Gasteiger partial charge is 0.311 e. The molecule has 10 heteroatoms. The minimum atomic E-state index is -0.494. The zero-order valence-corrected chi connectivity index (χ0v) is 22.2. The Hall–Kier alpha value is -4.28. The van der Waals surface area contributed by atoms with Crippen LogP contribution in [0.3, 0.4) is 0 Å². The van der Waals surface area contributed by atoms with Gasteiger partial charge in [0.1, 0.15) is 10.0 Å². The third kappa shape index (κ3) is 5.09. The zero-order chi connectivity index (χ0) is 26.8. The summed E-state index contributed by atoms with van der Waals surface area (Å²) in [6.45, 7) is 2.39. The van der Waals surface area contributed by atoms with Crippen LogP contribution >= 0.6 is 24.0 Å². The van der Waals surface area contributed by atoms with E-state index in [4.69, 9.17) is 22.1 Å². The number of carbonyl (C=O) groups excluding carboxylic acids is 1. The third-order valence-corrected chi connectivity index (χ3v) is 7.41. The van der Waals surface area contributed by atoms with E-state index in [1.165, 1.54) is 24.9 Å². The predicted molar refractivity (Wildman–Crippen MR) is 152 cm³/mol. The quantitative estimate of drug-likeness (QED) is 0.119. The van der Waals surface area contributed by atoms with Crippen molar-refractivity contribution in [3.63, 3.8) is 0 Å². The van der Waals surface area contributed by atoms with Gasteiger partial charge in [0.2, 0.25) is 0 Å². The van der Waals surface area contributed by atoms with Gasteiger partial charge in [-0.25, -0.2) is 4.68 Å². The maximum atomic E-state index is 13.4. The SMILES string of the molecule is COc1ccc(-c2nn(-c3ccccc3)cc2/C=C2\SC(=S)N(Cc3ccc(C)cc3)C2=O)cc1[N+](=O)[O-]. The van der Waals surface area contributed by atoms with Gasteiger partial charge in [0, 0.05) is 23.4 Å². The fourth-order valence-corrected chi connectivity index (χ4v) is 5.31. The monoisotopic (exact) mass is 542 g/mol. The van der Waals surface area contributed by atoms with E-state index in [1.54, 1.807) is 34.0 Å². The first-order chi connectivity index (χ1) is 18.3. The van der Waals surface area contributed by atoms with Gasteiger partial charge in [-0.05, 0) is 42.8 Å². The van der Waals surface area contributed by atoms with Crippen LogP contribution in [-0.2, 0) is 11.3 Å². The Balaban J connectivity index is 1.56. The first kappa shape index (κ1) is 25.4. The average Bonchev–Trinajstić information content (AvgIpc) is 3.46. The summed E-state index contributed by atoms with van der Waals surface area (Å²) in [4.78, 5) is 26.6. The molecule has 190 valence electrons. The number of amides is 1. The van der Waals surface area contributed by atoms with Crippen molar-refractivity contribution in [2.24, 2.45) is 0 Å². The summed E-state index contributed by atoms with van der Waals surface area (Å²) in [5.74, 6) is -0.0422. The molecule has 0 bridgehead atoms. The highest BCUT2D eigenvalue weighted by Gasteiger charge is 2.32. The highest BCUT2D eigenvalue weighted by Crippen LogP contribution is 2.37. The molecule has 1 aromatic heterocycles. The Morgan fingerprint density at radius 2 is 1.84 bits per heavy atom. The van der Waals surface area contributed by atoms with E-state index in [0.717, 1.165) is 16.8 Å². The van der Waals surface area contributed by atoms with E-state index in [2.05, 4.69) is 0 Å². The number of thiocarbonyl (C=S) groups is 1. The van der Waals surface area contributed by atoms with Crippen LogP contribution in [0.1, 0.15) is 16.7 Å². The van der Waals surface area contributed by atoms with Crippen LogP contribution in [0.15, 0.2) is 83.9 Å². The number of rotatable bonds is 7. The molecule has 2 heterocycles. The van der Waals surface area contributed by atoms with Crippen molar-refractivity contribution in [2.75, 3.05) is 7.11 Å². The summed E-state index contributed by atoms with van der Waals surface area (Å²) in [6, 6.07) is 22.1. The standard InChI is InChI=1S/C28H22N4O4S2/c1-18-8-10-19(11-9-18)16-30-27(33)25(38-28(30)37)15-21-17-31(22-6-4-3-5-7-22)29-26(21)20-12-13-24(36-2)23(14-20)32(34)35/h3-15,17H,16H2,1-2H3/b25-15-. The van der Waals surface area contributed by atoms with E-state index in [9.17, 15) is 14.9 Å². The van der Waals surface area contributed by atoms with Gasteiger partial charge in [-0.2, -0.15) is 5.10 Å². The highest BCUT2D eigenvalue weighted by molar-refractivity contribution is 8.26. The fraction of sp³-hybridized carbons (Fsp3) is 0.107. The number of nitrogens with zero attached hydrogens (tertiary/aromatic N) is 4. The lowest BCUT2D eigenvalue weighted by Crippen LogP contribution is -2.27. The molecule has 0 unspecified atom stereocenters. The Kier molecular flexibility index (Phi) is 7.08. The molecule has 38 heavy (non-hydrogen) atoms. The molecular formula is C28H22N4O4S2. The summed E-state index contributed by atoms with van der Waals surface area (Å²) in [6.07, 6.45) is 3.54. The van der Waals surface area contributed by atoms with Gasteiger partial charge < -0.3 is 4.74 Å². The zero-order valence-electron chi connectivity index (χ0n) is 20.5. The van der Waals surface area contributed by atoms with Crippen molar-refractivity contribution < 1.29 is 14.5 Å². The molecule has 1 amide bonds. The first-order valence-corrected chi connectivity index (χ1v) is 12.9. The second-order valence-corrected chi connectivity index (χ2v) is 10.3. The molecule has 1 aliphatic rings. The number of thioether (sulfide) groups is 1. The molecule has 0 N–H and O–H groups in total. The number of hydrogen-bond acceptors (Lipinski definition) is 7. The second-order valence-electron chi connectivity index (χ2n) is 8.61. The summed E-state index contributed by atoms with van der Waals surface area (Å²) >= 11 is 6.76. The van der Waals surface area contributed by atoms with Crippen LogP contribution in [0.25, 0.3) is 23.0 Å². The maximum Gasteiger partial charge on any atom is 0.311 e. The number of nitro benzene ring substituents is 1. The van der Waals surface area contributed by atoms with Crippen LogP contribution in [0.2, 0.25) is 0 Å². The van der Waals surface area contributed by atoms with Crippen LogP contribution in [0, 0.1) is 17.0 Å². The summed E-state index contributed by atoms with van der Waals surface area (Å²) < 4.78 is 7.31. The molecular weight excluding hydrogens is 520 g/mol. The van der Waals surface area contributed by atoms with Gasteiger partial charge >= 0.3 is 5.69 Å². The molecule has 8 nitrogen and oxygen atoms in total. The lowest BCUT2D eigenvalue weighted by atomic mass is 10.1. The first-order valence-electron chi connectivity index (χ1n) is 11.6. The van der Waals surface area contributed by atoms with Gasteiger partial charge in [-0.3, -0.25) is 19.8 Å². The van der Waals surface area contributed by atoms with Crippen LogP contribution in [0.4, 0.5) is 5.69 Å². The number of hydrogen-bond donors (Lipinski definition) is 0. The number of nitro groups is 1. The Labute approximate surface area is 228 Å². The Morgan fingerprint density at radius 1 is 1.11 bits per heavy atom. The number of aryl methyl sites for hydroxylation is 1.